The molecule has 1 spiro atoms. The van der Waals surface area contributed by atoms with Crippen molar-refractivity contribution in [1.29, 1.82) is 0 Å². The van der Waals surface area contributed by atoms with E-state index in [4.69, 9.17) is 9.47 Å². The van der Waals surface area contributed by atoms with E-state index < -0.39 is 17.0 Å². The highest BCUT2D eigenvalue weighted by Crippen LogP contribution is 2.66. The molecule has 2 saturated heterocycles. The molecule has 1 N–H and O–H groups in total. The molecule has 148 valence electrons. The normalized spacial score (nSPS) is 27.7. The van der Waals surface area contributed by atoms with Gasteiger partial charge in [0.1, 0.15) is 12.2 Å². The molecule has 0 aromatic heterocycles. The van der Waals surface area contributed by atoms with Gasteiger partial charge in [-0.3, -0.25) is 4.79 Å². The zero-order chi connectivity index (χ0) is 19.8. The fourth-order valence-corrected chi connectivity index (χ4v) is 5.55. The molecular formula is C23H21NO5. The number of likely N-dealkylation sites (tertiary alicyclic amines) is 1. The Bertz CT molecular complexity index is 998. The van der Waals surface area contributed by atoms with E-state index in [1.165, 1.54) is 22.3 Å². The van der Waals surface area contributed by atoms with Gasteiger partial charge in [0, 0.05) is 11.8 Å². The molecule has 2 aromatic rings. The molecule has 6 rings (SSSR count). The number of hydrogen-bond donors (Lipinski definition) is 1. The first kappa shape index (κ1) is 17.0. The van der Waals surface area contributed by atoms with E-state index in [1.807, 2.05) is 24.3 Å². The van der Waals surface area contributed by atoms with E-state index in [0.29, 0.717) is 26.1 Å². The third kappa shape index (κ3) is 2.20. The lowest BCUT2D eigenvalue weighted by Crippen LogP contribution is -2.65. The maximum Gasteiger partial charge on any atom is 0.409 e. The van der Waals surface area contributed by atoms with Gasteiger partial charge in [0.25, 0.3) is 0 Å². The van der Waals surface area contributed by atoms with Crippen LogP contribution in [0.4, 0.5) is 4.79 Å². The minimum atomic E-state index is -0.779. The van der Waals surface area contributed by atoms with E-state index in [2.05, 4.69) is 24.3 Å². The van der Waals surface area contributed by atoms with Crippen molar-refractivity contribution < 1.29 is 24.2 Å². The number of rotatable bonds is 3. The number of amides is 1. The van der Waals surface area contributed by atoms with Gasteiger partial charge in [0.05, 0.1) is 25.1 Å². The quantitative estimate of drug-likeness (QED) is 0.870. The zero-order valence-corrected chi connectivity index (χ0v) is 15.8. The number of carbonyl (C=O) groups is 2. The zero-order valence-electron chi connectivity index (χ0n) is 15.8. The van der Waals surface area contributed by atoms with Crippen LogP contribution in [-0.2, 0) is 14.3 Å². The Hall–Kier alpha value is -2.86. The van der Waals surface area contributed by atoms with Gasteiger partial charge < -0.3 is 19.5 Å². The van der Waals surface area contributed by atoms with Crippen LogP contribution < -0.4 is 0 Å². The fourth-order valence-electron chi connectivity index (χ4n) is 5.55. The standard InChI is InChI=1S/C23H21NO5/c25-20(26)22-9-19(22)23(29-13-22)11-24(12-23)21(27)28-10-18-16-7-3-1-5-14(16)15-6-2-4-8-17(15)18/h1-8,18-19H,9-13H2,(H,25,26). The molecule has 2 aliphatic carbocycles. The molecule has 1 amide bonds. The third-order valence-electron chi connectivity index (χ3n) is 7.26. The SMILES string of the molecule is O=C(OCC1c2ccccc2-c2ccccc21)N1CC2(C1)OCC1(C(=O)O)CC21. The molecule has 1 saturated carbocycles. The molecule has 3 fully saturated rings. The summed E-state index contributed by atoms with van der Waals surface area (Å²) in [5, 5.41) is 9.42. The van der Waals surface area contributed by atoms with Crippen molar-refractivity contribution in [2.45, 2.75) is 17.9 Å². The number of carboxylic acid groups (broad SMARTS) is 1. The summed E-state index contributed by atoms with van der Waals surface area (Å²) in [6, 6.07) is 16.5. The molecule has 0 radical (unpaired) electrons. The number of carbonyl (C=O) groups excluding carboxylic acids is 1. The topological polar surface area (TPSA) is 76.1 Å². The predicted molar refractivity (Wildman–Crippen MR) is 104 cm³/mol. The number of nitrogens with zero attached hydrogens (tertiary/aromatic N) is 1. The highest BCUT2D eigenvalue weighted by molar-refractivity contribution is 5.81. The van der Waals surface area contributed by atoms with Crippen molar-refractivity contribution >= 4 is 12.1 Å². The van der Waals surface area contributed by atoms with Crippen molar-refractivity contribution in [2.75, 3.05) is 26.3 Å². The monoisotopic (exact) mass is 391 g/mol. The Morgan fingerprint density at radius 2 is 1.69 bits per heavy atom. The molecule has 2 unspecified atom stereocenters. The average molecular weight is 391 g/mol. The van der Waals surface area contributed by atoms with E-state index in [9.17, 15) is 14.7 Å². The number of carboxylic acids is 1. The Kier molecular flexibility index (Phi) is 3.29. The summed E-state index contributed by atoms with van der Waals surface area (Å²) in [6.07, 6.45) is 0.301. The maximum absolute atomic E-state index is 12.6. The van der Waals surface area contributed by atoms with Gasteiger partial charge in [0.15, 0.2) is 0 Å². The number of aliphatic carboxylic acids is 1. The van der Waals surface area contributed by atoms with Gasteiger partial charge >= 0.3 is 12.1 Å². The van der Waals surface area contributed by atoms with Gasteiger partial charge in [-0.05, 0) is 28.7 Å². The van der Waals surface area contributed by atoms with E-state index in [1.54, 1.807) is 4.90 Å². The largest absolute Gasteiger partial charge is 0.481 e. The molecule has 6 heteroatoms. The third-order valence-corrected chi connectivity index (χ3v) is 7.26. The predicted octanol–water partition coefficient (Wildman–Crippen LogP) is 3.11. The van der Waals surface area contributed by atoms with Crippen LogP contribution in [-0.4, -0.2) is 54.0 Å². The summed E-state index contributed by atoms with van der Waals surface area (Å²) in [5.74, 6) is -0.725. The minimum absolute atomic E-state index is 0.0186. The second kappa shape index (κ2) is 5.60. The van der Waals surface area contributed by atoms with Crippen LogP contribution >= 0.6 is 0 Å². The van der Waals surface area contributed by atoms with Crippen LogP contribution in [0.15, 0.2) is 48.5 Å². The van der Waals surface area contributed by atoms with Crippen molar-refractivity contribution in [1.82, 2.24) is 4.90 Å². The lowest BCUT2D eigenvalue weighted by molar-refractivity contribution is -0.145. The molecule has 2 aromatic carbocycles. The van der Waals surface area contributed by atoms with Crippen molar-refractivity contribution in [3.05, 3.63) is 59.7 Å². The van der Waals surface area contributed by atoms with Crippen LogP contribution in [0, 0.1) is 11.3 Å². The summed E-state index contributed by atoms with van der Waals surface area (Å²) in [7, 11) is 0. The first-order valence-corrected chi connectivity index (χ1v) is 10.0. The Balaban J connectivity index is 1.13. The van der Waals surface area contributed by atoms with Crippen LogP contribution in [0.5, 0.6) is 0 Å². The summed E-state index contributed by atoms with van der Waals surface area (Å²) in [4.78, 5) is 25.7. The Morgan fingerprint density at radius 1 is 1.07 bits per heavy atom. The van der Waals surface area contributed by atoms with Crippen molar-refractivity contribution in [3.63, 3.8) is 0 Å². The summed E-state index contributed by atoms with van der Waals surface area (Å²) >= 11 is 0. The van der Waals surface area contributed by atoms with Crippen LogP contribution in [0.25, 0.3) is 11.1 Å². The second-order valence-corrected chi connectivity index (χ2v) is 8.73. The summed E-state index contributed by atoms with van der Waals surface area (Å²) in [6.45, 7) is 1.39. The van der Waals surface area contributed by atoms with Crippen LogP contribution in [0.3, 0.4) is 0 Å². The number of hydrogen-bond acceptors (Lipinski definition) is 4. The Labute approximate surface area is 168 Å². The first-order valence-electron chi connectivity index (χ1n) is 10.0. The molecule has 0 bridgehead atoms. The minimum Gasteiger partial charge on any atom is -0.481 e. The molecule has 6 nitrogen and oxygen atoms in total. The van der Waals surface area contributed by atoms with E-state index >= 15 is 0 Å². The van der Waals surface area contributed by atoms with Gasteiger partial charge in [0.2, 0.25) is 0 Å². The number of benzene rings is 2. The number of ether oxygens (including phenoxy) is 2. The van der Waals surface area contributed by atoms with Gasteiger partial charge in [-0.1, -0.05) is 48.5 Å². The average Bonchev–Trinajstić information content (AvgIpc) is 3.24. The van der Waals surface area contributed by atoms with Gasteiger partial charge in [-0.2, -0.15) is 0 Å². The summed E-state index contributed by atoms with van der Waals surface area (Å²) in [5.41, 5.74) is 3.57. The van der Waals surface area contributed by atoms with E-state index in [0.717, 1.165) is 0 Å². The van der Waals surface area contributed by atoms with Crippen LogP contribution in [0.2, 0.25) is 0 Å². The van der Waals surface area contributed by atoms with Gasteiger partial charge in [-0.25, -0.2) is 4.79 Å². The first-order chi connectivity index (χ1) is 14.0. The molecule has 2 atom stereocenters. The lowest BCUT2D eigenvalue weighted by atomic mass is 9.87. The molecule has 4 aliphatic rings. The van der Waals surface area contributed by atoms with Crippen LogP contribution in [0.1, 0.15) is 23.5 Å². The highest BCUT2D eigenvalue weighted by Gasteiger charge is 2.77. The second-order valence-electron chi connectivity index (χ2n) is 8.73. The molecule has 2 heterocycles. The Morgan fingerprint density at radius 3 is 2.24 bits per heavy atom. The molecule has 2 aliphatic heterocycles. The van der Waals surface area contributed by atoms with Crippen molar-refractivity contribution in [2.24, 2.45) is 11.3 Å². The smallest absolute Gasteiger partial charge is 0.409 e. The lowest BCUT2D eigenvalue weighted by Gasteiger charge is -2.47. The molecular weight excluding hydrogens is 370 g/mol. The summed E-state index contributed by atoms with van der Waals surface area (Å²) < 4.78 is 11.5. The fraction of sp³-hybridized carbons (Fsp3) is 0.391. The van der Waals surface area contributed by atoms with Gasteiger partial charge in [-0.15, -0.1) is 0 Å². The maximum atomic E-state index is 12.6. The number of fused-ring (bicyclic) bond motifs is 5. The molecule has 29 heavy (non-hydrogen) atoms. The van der Waals surface area contributed by atoms with E-state index in [-0.39, 0.29) is 24.5 Å². The van der Waals surface area contributed by atoms with Crippen molar-refractivity contribution in [3.8, 4) is 11.1 Å². The highest BCUT2D eigenvalue weighted by atomic mass is 16.6.